The third-order valence-electron chi connectivity index (χ3n) is 4.18. The minimum Gasteiger partial charge on any atom is -0.492 e. The molecule has 1 heterocycles. The van der Waals surface area contributed by atoms with Crippen LogP contribution in [-0.4, -0.2) is 47.8 Å². The number of carbonyl (C=O) groups is 2. The van der Waals surface area contributed by atoms with Crippen molar-refractivity contribution in [3.63, 3.8) is 0 Å². The number of amides is 1. The number of amidine groups is 1. The number of carboxylic acid groups (broad SMARTS) is 1. The second-order valence-electron chi connectivity index (χ2n) is 6.19. The van der Waals surface area contributed by atoms with Crippen molar-refractivity contribution < 1.29 is 24.2 Å². The number of benzene rings is 2. The average Bonchev–Trinajstić information content (AvgIpc) is 2.96. The lowest BCUT2D eigenvalue weighted by molar-refractivity contribution is -0.121. The molecule has 2 aromatic rings. The van der Waals surface area contributed by atoms with Gasteiger partial charge in [-0.2, -0.15) is 0 Å². The van der Waals surface area contributed by atoms with Crippen molar-refractivity contribution in [1.82, 2.24) is 4.90 Å². The predicted molar refractivity (Wildman–Crippen MR) is 126 cm³/mol. The highest BCUT2D eigenvalue weighted by Gasteiger charge is 2.30. The molecule has 0 saturated carbocycles. The van der Waals surface area contributed by atoms with Gasteiger partial charge in [0.1, 0.15) is 0 Å². The van der Waals surface area contributed by atoms with Crippen molar-refractivity contribution in [2.75, 3.05) is 20.8 Å². The Labute approximate surface area is 191 Å². The molecule has 1 fully saturated rings. The van der Waals surface area contributed by atoms with Crippen LogP contribution >= 0.6 is 34.4 Å². The Hall–Kier alpha value is -2.53. The molecule has 3 rings (SSSR count). The molecule has 0 unspecified atom stereocenters. The second kappa shape index (κ2) is 9.52. The van der Waals surface area contributed by atoms with E-state index in [9.17, 15) is 9.59 Å². The van der Waals surface area contributed by atoms with Crippen LogP contribution in [0.1, 0.15) is 22.8 Å². The molecule has 0 spiro atoms. The van der Waals surface area contributed by atoms with Gasteiger partial charge in [-0.1, -0.05) is 0 Å². The first-order valence-corrected chi connectivity index (χ1v) is 10.8. The molecule has 0 bridgehead atoms. The SMILES string of the molecule is CCOc1cc(C=C2SC(=Nc3ccc(C(=O)O)cc3)N(C)C2=O)cc(I)c1OC. The zero-order valence-electron chi connectivity index (χ0n) is 16.5. The van der Waals surface area contributed by atoms with Crippen LogP contribution in [0.25, 0.3) is 6.08 Å². The molecular weight excluding hydrogens is 519 g/mol. The quantitative estimate of drug-likeness (QED) is 0.427. The third kappa shape index (κ3) is 4.78. The van der Waals surface area contributed by atoms with Gasteiger partial charge in [0.25, 0.3) is 5.91 Å². The highest BCUT2D eigenvalue weighted by atomic mass is 127. The summed E-state index contributed by atoms with van der Waals surface area (Å²) in [5.74, 6) is 0.122. The van der Waals surface area contributed by atoms with Gasteiger partial charge in [0.05, 0.1) is 33.4 Å². The lowest BCUT2D eigenvalue weighted by Gasteiger charge is -2.12. The van der Waals surface area contributed by atoms with Gasteiger partial charge in [-0.05, 0) is 89.3 Å². The minimum atomic E-state index is -0.998. The lowest BCUT2D eigenvalue weighted by atomic mass is 10.2. The van der Waals surface area contributed by atoms with E-state index in [1.165, 1.54) is 28.8 Å². The molecule has 0 atom stereocenters. The molecule has 0 aliphatic carbocycles. The highest BCUT2D eigenvalue weighted by molar-refractivity contribution is 14.1. The summed E-state index contributed by atoms with van der Waals surface area (Å²) in [6.45, 7) is 2.40. The summed E-state index contributed by atoms with van der Waals surface area (Å²) in [6.07, 6.45) is 1.80. The van der Waals surface area contributed by atoms with Crippen LogP contribution in [0.2, 0.25) is 0 Å². The highest BCUT2D eigenvalue weighted by Crippen LogP contribution is 2.37. The smallest absolute Gasteiger partial charge is 0.335 e. The van der Waals surface area contributed by atoms with Gasteiger partial charge < -0.3 is 14.6 Å². The number of carboxylic acids is 1. The molecule has 30 heavy (non-hydrogen) atoms. The Kier molecular flexibility index (Phi) is 7.03. The number of methoxy groups -OCH3 is 1. The molecule has 0 aromatic heterocycles. The van der Waals surface area contributed by atoms with E-state index in [4.69, 9.17) is 14.6 Å². The zero-order valence-corrected chi connectivity index (χ0v) is 19.5. The van der Waals surface area contributed by atoms with Gasteiger partial charge in [0.2, 0.25) is 0 Å². The Morgan fingerprint density at radius 3 is 2.60 bits per heavy atom. The first-order chi connectivity index (χ1) is 14.3. The molecule has 9 heteroatoms. The fourth-order valence-electron chi connectivity index (χ4n) is 2.72. The van der Waals surface area contributed by atoms with Gasteiger partial charge >= 0.3 is 5.97 Å². The van der Waals surface area contributed by atoms with Crippen molar-refractivity contribution in [2.45, 2.75) is 6.92 Å². The molecule has 2 aromatic carbocycles. The topological polar surface area (TPSA) is 88.4 Å². The molecule has 1 saturated heterocycles. The van der Waals surface area contributed by atoms with Crippen LogP contribution in [0, 0.1) is 3.57 Å². The third-order valence-corrected chi connectivity index (χ3v) is 6.04. The lowest BCUT2D eigenvalue weighted by Crippen LogP contribution is -2.23. The number of ether oxygens (including phenoxy) is 2. The minimum absolute atomic E-state index is 0.162. The van der Waals surface area contributed by atoms with E-state index < -0.39 is 5.97 Å². The number of likely N-dealkylation sites (N-methyl/N-ethyl adjacent to an activating group) is 1. The first kappa shape index (κ1) is 22.2. The van der Waals surface area contributed by atoms with Crippen molar-refractivity contribution in [2.24, 2.45) is 4.99 Å². The van der Waals surface area contributed by atoms with E-state index in [1.807, 2.05) is 19.1 Å². The Balaban J connectivity index is 1.90. The molecule has 7 nitrogen and oxygen atoms in total. The normalized spacial score (nSPS) is 16.4. The summed E-state index contributed by atoms with van der Waals surface area (Å²) in [4.78, 5) is 30.2. The van der Waals surface area contributed by atoms with Crippen molar-refractivity contribution in [3.8, 4) is 11.5 Å². The summed E-state index contributed by atoms with van der Waals surface area (Å²) in [6, 6.07) is 9.94. The standard InChI is InChI=1S/C21H19IN2O5S/c1-4-29-16-10-12(9-15(22)18(16)28-3)11-17-19(25)24(2)21(30-17)23-14-7-5-13(6-8-14)20(26)27/h5-11H,4H2,1-3H3,(H,26,27). The number of rotatable bonds is 6. The van der Waals surface area contributed by atoms with Crippen LogP contribution in [-0.2, 0) is 4.79 Å². The monoisotopic (exact) mass is 538 g/mol. The Morgan fingerprint density at radius 1 is 1.30 bits per heavy atom. The van der Waals surface area contributed by atoms with Crippen LogP contribution < -0.4 is 9.47 Å². The van der Waals surface area contributed by atoms with Crippen LogP contribution in [0.15, 0.2) is 46.3 Å². The first-order valence-electron chi connectivity index (χ1n) is 8.94. The number of carbonyl (C=O) groups excluding carboxylic acids is 1. The largest absolute Gasteiger partial charge is 0.492 e. The summed E-state index contributed by atoms with van der Waals surface area (Å²) < 4.78 is 11.9. The maximum Gasteiger partial charge on any atom is 0.335 e. The molecule has 1 N–H and O–H groups in total. The second-order valence-corrected chi connectivity index (χ2v) is 8.36. The Bertz CT molecular complexity index is 1050. The molecular formula is C21H19IN2O5S. The van der Waals surface area contributed by atoms with E-state index in [2.05, 4.69) is 27.6 Å². The van der Waals surface area contributed by atoms with E-state index in [0.29, 0.717) is 33.9 Å². The number of hydrogen-bond acceptors (Lipinski definition) is 6. The van der Waals surface area contributed by atoms with Gasteiger partial charge in [0, 0.05) is 7.05 Å². The van der Waals surface area contributed by atoms with Gasteiger partial charge in [-0.3, -0.25) is 9.69 Å². The van der Waals surface area contributed by atoms with E-state index in [0.717, 1.165) is 9.13 Å². The maximum atomic E-state index is 12.7. The van der Waals surface area contributed by atoms with E-state index in [1.54, 1.807) is 32.4 Å². The Morgan fingerprint density at radius 2 is 2.00 bits per heavy atom. The zero-order chi connectivity index (χ0) is 21.8. The van der Waals surface area contributed by atoms with E-state index in [-0.39, 0.29) is 11.5 Å². The van der Waals surface area contributed by atoms with Crippen LogP contribution in [0.5, 0.6) is 11.5 Å². The van der Waals surface area contributed by atoms with Gasteiger partial charge in [0.15, 0.2) is 16.7 Å². The fourth-order valence-corrected chi connectivity index (χ4v) is 4.56. The van der Waals surface area contributed by atoms with Gasteiger partial charge in [-0.25, -0.2) is 9.79 Å². The van der Waals surface area contributed by atoms with Crippen molar-refractivity contribution in [3.05, 3.63) is 56.0 Å². The number of nitrogens with zero attached hydrogens (tertiary/aromatic N) is 2. The van der Waals surface area contributed by atoms with Crippen molar-refractivity contribution in [1.29, 1.82) is 0 Å². The average molecular weight is 538 g/mol. The molecule has 0 radical (unpaired) electrons. The fraction of sp³-hybridized carbons (Fsp3) is 0.190. The molecule has 1 aliphatic rings. The van der Waals surface area contributed by atoms with Crippen LogP contribution in [0.3, 0.4) is 0 Å². The number of thioether (sulfide) groups is 1. The van der Waals surface area contributed by atoms with Crippen LogP contribution in [0.4, 0.5) is 5.69 Å². The summed E-state index contributed by atoms with van der Waals surface area (Å²) in [5, 5.41) is 9.52. The number of hydrogen-bond donors (Lipinski definition) is 1. The molecule has 156 valence electrons. The molecule has 1 amide bonds. The molecule has 1 aliphatic heterocycles. The van der Waals surface area contributed by atoms with Crippen molar-refractivity contribution >= 4 is 63.2 Å². The van der Waals surface area contributed by atoms with Gasteiger partial charge in [-0.15, -0.1) is 0 Å². The predicted octanol–water partition coefficient (Wildman–Crippen LogP) is 4.63. The number of halogens is 1. The van der Waals surface area contributed by atoms with E-state index >= 15 is 0 Å². The summed E-state index contributed by atoms with van der Waals surface area (Å²) >= 11 is 3.43. The maximum absolute atomic E-state index is 12.7. The number of aromatic carboxylic acids is 1. The summed E-state index contributed by atoms with van der Waals surface area (Å²) in [5.41, 5.74) is 1.57. The summed E-state index contributed by atoms with van der Waals surface area (Å²) in [7, 11) is 3.25. The number of aliphatic imine (C=N–C) groups is 1.